The third-order valence-electron chi connectivity index (χ3n) is 8.11. The second-order valence-electron chi connectivity index (χ2n) is 8.84. The number of esters is 1. The molecule has 6 nitrogen and oxygen atoms in total. The molecule has 1 aromatic rings. The molecule has 6 heteroatoms. The van der Waals surface area contributed by atoms with Gasteiger partial charge in [0.1, 0.15) is 18.3 Å². The van der Waals surface area contributed by atoms with Crippen molar-refractivity contribution < 1.29 is 18.9 Å². The van der Waals surface area contributed by atoms with Crippen LogP contribution in [0.1, 0.15) is 25.3 Å². The summed E-state index contributed by atoms with van der Waals surface area (Å²) in [5, 5.41) is 13.9. The van der Waals surface area contributed by atoms with Crippen LogP contribution in [0.25, 0.3) is 0 Å². The number of likely N-dealkylation sites (N-methyl/N-ethyl adjacent to an activating group) is 1. The van der Waals surface area contributed by atoms with Gasteiger partial charge in [0.2, 0.25) is 0 Å². The molecular formula is C22H28N2O4. The van der Waals surface area contributed by atoms with Gasteiger partial charge in [0.15, 0.2) is 0 Å². The molecule has 1 unspecified atom stereocenters. The molecule has 0 N–H and O–H groups in total. The maximum absolute atomic E-state index is 13.9. The molecule has 1 aromatic carbocycles. The minimum atomic E-state index is -0.403. The Balaban J connectivity index is 1.80. The van der Waals surface area contributed by atoms with Crippen molar-refractivity contribution in [3.63, 3.8) is 0 Å². The summed E-state index contributed by atoms with van der Waals surface area (Å²) in [6.07, 6.45) is 3.52. The number of rotatable bonds is 2. The van der Waals surface area contributed by atoms with E-state index in [4.69, 9.17) is 9.47 Å². The van der Waals surface area contributed by atoms with Crippen molar-refractivity contribution >= 4 is 11.7 Å². The second kappa shape index (κ2) is 5.74. The fourth-order valence-corrected chi connectivity index (χ4v) is 7.04. The first kappa shape index (κ1) is 18.0. The Kier molecular flexibility index (Phi) is 3.69. The summed E-state index contributed by atoms with van der Waals surface area (Å²) in [5.74, 6) is 0.449. The highest BCUT2D eigenvalue weighted by Gasteiger charge is 2.72. The molecule has 5 rings (SSSR count). The number of anilines is 1. The number of hydrogen-bond acceptors (Lipinski definition) is 5. The molecule has 3 heterocycles. The minimum Gasteiger partial charge on any atom is -0.632 e. The molecule has 2 saturated heterocycles. The molecule has 1 aliphatic carbocycles. The smallest absolute Gasteiger partial charge is 0.310 e. The SMILES string of the molecule is C/C=C1/C[N+]2([O-])CC[C@@]34c5cc(OC)ccc5N(C)[C@H]3[C@@H]2C[C@@H]1[C@H]4C(=O)OC. The average Bonchev–Trinajstić information content (AvgIpc) is 2.97. The number of ether oxygens (including phenoxy) is 2. The van der Waals surface area contributed by atoms with Gasteiger partial charge in [0.05, 0.1) is 32.7 Å². The fraction of sp³-hybridized carbons (Fsp3) is 0.591. The monoisotopic (exact) mass is 384 g/mol. The lowest BCUT2D eigenvalue weighted by Crippen LogP contribution is -2.77. The lowest BCUT2D eigenvalue weighted by Gasteiger charge is -2.68. The Labute approximate surface area is 165 Å². The van der Waals surface area contributed by atoms with E-state index in [2.05, 4.69) is 30.2 Å². The van der Waals surface area contributed by atoms with Crippen LogP contribution in [0.2, 0.25) is 0 Å². The number of nitrogens with zero attached hydrogens (tertiary/aromatic N) is 2. The van der Waals surface area contributed by atoms with Crippen LogP contribution in [-0.2, 0) is 14.9 Å². The van der Waals surface area contributed by atoms with Crippen LogP contribution < -0.4 is 9.64 Å². The molecule has 0 spiro atoms. The first-order valence-electron chi connectivity index (χ1n) is 10.1. The van der Waals surface area contributed by atoms with Crippen LogP contribution in [0.3, 0.4) is 0 Å². The van der Waals surface area contributed by atoms with Gasteiger partial charge in [-0.2, -0.15) is 0 Å². The van der Waals surface area contributed by atoms with E-state index in [-0.39, 0.29) is 34.5 Å². The number of carbonyl (C=O) groups is 1. The van der Waals surface area contributed by atoms with Gasteiger partial charge in [-0.1, -0.05) is 6.08 Å². The third-order valence-corrected chi connectivity index (χ3v) is 8.11. The first-order valence-corrected chi connectivity index (χ1v) is 10.1. The number of piperidine rings is 2. The van der Waals surface area contributed by atoms with Gasteiger partial charge in [-0.15, -0.1) is 0 Å². The average molecular weight is 384 g/mol. The first-order chi connectivity index (χ1) is 13.4. The standard InChI is InChI=1S/C22H28N2O4/c1-5-13-12-24(26)9-8-22-16-10-14(27-3)6-7-17(16)23(2)20(22)18(24)11-15(13)19(22)21(25)28-4/h5-7,10,15,18-20H,8-9,11-12H2,1-4H3/b13-5-/t15-,18-,19-,20-,22-,24?/m0/s1. The molecule has 1 saturated carbocycles. The van der Waals surface area contributed by atoms with Crippen LogP contribution >= 0.6 is 0 Å². The number of allylic oxidation sites excluding steroid dienone is 1. The van der Waals surface area contributed by atoms with Crippen molar-refractivity contribution in [3.05, 3.63) is 40.6 Å². The Morgan fingerprint density at radius 1 is 1.39 bits per heavy atom. The fourth-order valence-electron chi connectivity index (χ4n) is 7.04. The zero-order chi connectivity index (χ0) is 19.8. The molecule has 28 heavy (non-hydrogen) atoms. The van der Waals surface area contributed by atoms with Gasteiger partial charge in [-0.05, 0) is 36.3 Å². The van der Waals surface area contributed by atoms with Crippen LogP contribution in [0.4, 0.5) is 5.69 Å². The number of benzene rings is 1. The molecular weight excluding hydrogens is 356 g/mol. The van der Waals surface area contributed by atoms with Gasteiger partial charge in [-0.3, -0.25) is 4.79 Å². The summed E-state index contributed by atoms with van der Waals surface area (Å²) in [6, 6.07) is 6.12. The maximum atomic E-state index is 13.9. The lowest BCUT2D eigenvalue weighted by molar-refractivity contribution is -0.916. The van der Waals surface area contributed by atoms with E-state index in [1.54, 1.807) is 7.11 Å². The molecule has 0 radical (unpaired) electrons. The number of hydrogen-bond donors (Lipinski definition) is 0. The van der Waals surface area contributed by atoms with Crippen molar-refractivity contribution in [2.24, 2.45) is 11.8 Å². The maximum Gasteiger partial charge on any atom is 0.310 e. The molecule has 3 aliphatic heterocycles. The highest BCUT2D eigenvalue weighted by molar-refractivity contribution is 5.80. The van der Waals surface area contributed by atoms with E-state index in [1.165, 1.54) is 7.11 Å². The van der Waals surface area contributed by atoms with E-state index in [9.17, 15) is 10.0 Å². The quantitative estimate of drug-likeness (QED) is 0.339. The number of methoxy groups -OCH3 is 2. The predicted molar refractivity (Wildman–Crippen MR) is 106 cm³/mol. The van der Waals surface area contributed by atoms with Gasteiger partial charge in [0, 0.05) is 36.9 Å². The summed E-state index contributed by atoms with van der Waals surface area (Å²) in [6.45, 7) is 3.04. The van der Waals surface area contributed by atoms with Gasteiger partial charge in [-0.25, -0.2) is 0 Å². The summed E-state index contributed by atoms with van der Waals surface area (Å²) < 4.78 is 10.7. The van der Waals surface area contributed by atoms with Crippen LogP contribution in [0, 0.1) is 17.0 Å². The summed E-state index contributed by atoms with van der Waals surface area (Å²) >= 11 is 0. The highest BCUT2D eigenvalue weighted by atomic mass is 16.5. The Hall–Kier alpha value is -2.05. The van der Waals surface area contributed by atoms with Crippen LogP contribution in [-0.4, -0.2) is 57.1 Å². The van der Waals surface area contributed by atoms with Gasteiger partial charge >= 0.3 is 5.97 Å². The van der Waals surface area contributed by atoms with Crippen molar-refractivity contribution in [1.29, 1.82) is 0 Å². The van der Waals surface area contributed by atoms with E-state index in [0.29, 0.717) is 19.5 Å². The van der Waals surface area contributed by atoms with E-state index >= 15 is 0 Å². The summed E-state index contributed by atoms with van der Waals surface area (Å²) in [5.41, 5.74) is 2.98. The molecule has 6 atom stereocenters. The van der Waals surface area contributed by atoms with E-state index < -0.39 is 5.41 Å². The van der Waals surface area contributed by atoms with Gasteiger partial charge < -0.3 is 24.2 Å². The van der Waals surface area contributed by atoms with Crippen LogP contribution in [0.5, 0.6) is 5.75 Å². The molecule has 3 bridgehead atoms. The predicted octanol–water partition coefficient (Wildman–Crippen LogP) is 2.61. The molecule has 0 amide bonds. The van der Waals surface area contributed by atoms with Crippen LogP contribution in [0.15, 0.2) is 29.8 Å². The highest BCUT2D eigenvalue weighted by Crippen LogP contribution is 2.65. The van der Waals surface area contributed by atoms with Crippen molar-refractivity contribution in [1.82, 2.24) is 0 Å². The Morgan fingerprint density at radius 3 is 2.86 bits per heavy atom. The summed E-state index contributed by atoms with van der Waals surface area (Å²) in [4.78, 5) is 15.5. The van der Waals surface area contributed by atoms with Gasteiger partial charge in [0.25, 0.3) is 0 Å². The third kappa shape index (κ3) is 1.93. The summed E-state index contributed by atoms with van der Waals surface area (Å²) in [7, 11) is 5.23. The molecule has 3 fully saturated rings. The number of hydroxylamine groups is 3. The van der Waals surface area contributed by atoms with E-state index in [1.807, 2.05) is 13.0 Å². The zero-order valence-electron chi connectivity index (χ0n) is 17.0. The lowest BCUT2D eigenvalue weighted by atomic mass is 9.50. The number of quaternary nitrogens is 1. The molecule has 4 aliphatic rings. The second-order valence-corrected chi connectivity index (χ2v) is 8.84. The molecule has 150 valence electrons. The zero-order valence-corrected chi connectivity index (χ0v) is 17.0. The Bertz CT molecular complexity index is 883. The minimum absolute atomic E-state index is 0.0135. The topological polar surface area (TPSA) is 61.8 Å². The normalized spacial score (nSPS) is 41.6. The Morgan fingerprint density at radius 2 is 2.18 bits per heavy atom. The van der Waals surface area contributed by atoms with Crippen molar-refractivity contribution in [2.45, 2.75) is 37.3 Å². The van der Waals surface area contributed by atoms with E-state index in [0.717, 1.165) is 29.0 Å². The number of carbonyl (C=O) groups excluding carboxylic acids is 1. The van der Waals surface area contributed by atoms with Crippen molar-refractivity contribution in [2.75, 3.05) is 39.3 Å². The largest absolute Gasteiger partial charge is 0.632 e. The van der Waals surface area contributed by atoms with Crippen molar-refractivity contribution in [3.8, 4) is 5.75 Å². The molecule has 0 aromatic heterocycles. The number of fused-ring (bicyclic) bond motifs is 2.